The summed E-state index contributed by atoms with van der Waals surface area (Å²) >= 11 is 1.44. The highest BCUT2D eigenvalue weighted by atomic mass is 32.1. The Morgan fingerprint density at radius 3 is 2.87 bits per heavy atom. The molecule has 1 aliphatic rings. The molecule has 7 heteroatoms. The molecule has 0 saturated carbocycles. The second-order valence-corrected chi connectivity index (χ2v) is 6.46. The summed E-state index contributed by atoms with van der Waals surface area (Å²) in [6.45, 7) is 5.22. The number of carbonyl (C=O) groups excluding carboxylic acids is 1. The van der Waals surface area contributed by atoms with Crippen molar-refractivity contribution in [1.29, 1.82) is 0 Å². The lowest BCUT2D eigenvalue weighted by Crippen LogP contribution is -2.28. The molecule has 122 valence electrons. The fourth-order valence-electron chi connectivity index (χ4n) is 2.61. The summed E-state index contributed by atoms with van der Waals surface area (Å²) in [6.07, 6.45) is 2.45. The van der Waals surface area contributed by atoms with Gasteiger partial charge in [0.1, 0.15) is 17.5 Å². The molecule has 23 heavy (non-hydrogen) atoms. The zero-order valence-electron chi connectivity index (χ0n) is 13.2. The highest BCUT2D eigenvalue weighted by molar-refractivity contribution is 7.12. The molecule has 2 aromatic heterocycles. The van der Waals surface area contributed by atoms with Crippen LogP contribution >= 0.6 is 11.3 Å². The van der Waals surface area contributed by atoms with E-state index in [1.165, 1.54) is 24.2 Å². The number of hydrogen-bond donors (Lipinski definition) is 2. The molecule has 3 rings (SSSR count). The van der Waals surface area contributed by atoms with Crippen molar-refractivity contribution in [3.8, 4) is 0 Å². The van der Waals surface area contributed by atoms with Gasteiger partial charge < -0.3 is 15.5 Å². The predicted octanol–water partition coefficient (Wildman–Crippen LogP) is 2.29. The minimum Gasteiger partial charge on any atom is -0.368 e. The number of aryl methyl sites for hydroxylation is 1. The zero-order valence-corrected chi connectivity index (χ0v) is 14.0. The van der Waals surface area contributed by atoms with E-state index in [4.69, 9.17) is 0 Å². The number of amides is 1. The molecule has 0 radical (unpaired) electrons. The number of thiophene rings is 1. The van der Waals surface area contributed by atoms with Crippen LogP contribution in [-0.4, -0.2) is 42.1 Å². The first-order chi connectivity index (χ1) is 11.2. The summed E-state index contributed by atoms with van der Waals surface area (Å²) in [6, 6.07) is 5.68. The molecule has 1 fully saturated rings. The molecule has 6 nitrogen and oxygen atoms in total. The minimum atomic E-state index is -0.0292. The summed E-state index contributed by atoms with van der Waals surface area (Å²) < 4.78 is 0. The molecule has 2 N–H and O–H groups in total. The lowest BCUT2D eigenvalue weighted by Gasteiger charge is -2.17. The van der Waals surface area contributed by atoms with Crippen LogP contribution in [-0.2, 0) is 0 Å². The van der Waals surface area contributed by atoms with Crippen LogP contribution < -0.4 is 15.5 Å². The van der Waals surface area contributed by atoms with Gasteiger partial charge in [-0.25, -0.2) is 9.97 Å². The third kappa shape index (κ3) is 4.19. The van der Waals surface area contributed by atoms with Crippen LogP contribution in [0.2, 0.25) is 0 Å². The van der Waals surface area contributed by atoms with Gasteiger partial charge in [0.2, 0.25) is 0 Å². The van der Waals surface area contributed by atoms with Gasteiger partial charge in [0, 0.05) is 32.2 Å². The summed E-state index contributed by atoms with van der Waals surface area (Å²) in [4.78, 5) is 23.8. The minimum absolute atomic E-state index is 0.0292. The SMILES string of the molecule is Cc1nc(NCCNC(=O)c2cccs2)cc(N2CCCC2)n1. The van der Waals surface area contributed by atoms with Crippen LogP contribution in [0.1, 0.15) is 28.3 Å². The van der Waals surface area contributed by atoms with Crippen molar-refractivity contribution in [3.05, 3.63) is 34.3 Å². The van der Waals surface area contributed by atoms with Crippen LogP contribution in [0.25, 0.3) is 0 Å². The summed E-state index contributed by atoms with van der Waals surface area (Å²) in [5, 5.41) is 8.06. The molecule has 0 aliphatic carbocycles. The number of hydrogen-bond acceptors (Lipinski definition) is 6. The summed E-state index contributed by atoms with van der Waals surface area (Å²) in [5.74, 6) is 2.53. The van der Waals surface area contributed by atoms with Gasteiger partial charge in [-0.15, -0.1) is 11.3 Å². The molecule has 1 amide bonds. The van der Waals surface area contributed by atoms with Crippen LogP contribution in [0, 0.1) is 6.92 Å². The van der Waals surface area contributed by atoms with E-state index in [0.29, 0.717) is 13.1 Å². The van der Waals surface area contributed by atoms with Crippen LogP contribution in [0.3, 0.4) is 0 Å². The largest absolute Gasteiger partial charge is 0.368 e. The number of nitrogens with zero attached hydrogens (tertiary/aromatic N) is 3. The molecule has 1 aliphatic heterocycles. The molecule has 1 saturated heterocycles. The predicted molar refractivity (Wildman–Crippen MR) is 93.4 cm³/mol. The van der Waals surface area contributed by atoms with Gasteiger partial charge in [-0.05, 0) is 31.2 Å². The van der Waals surface area contributed by atoms with E-state index < -0.39 is 0 Å². The Labute approximate surface area is 140 Å². The molecule has 0 unspecified atom stereocenters. The normalized spacial score (nSPS) is 14.0. The van der Waals surface area contributed by atoms with Crippen molar-refractivity contribution in [3.63, 3.8) is 0 Å². The van der Waals surface area contributed by atoms with Crippen LogP contribution in [0.4, 0.5) is 11.6 Å². The summed E-state index contributed by atoms with van der Waals surface area (Å²) in [7, 11) is 0. The molecule has 2 aromatic rings. The third-order valence-corrected chi connectivity index (χ3v) is 4.58. The second kappa shape index (κ2) is 7.41. The number of rotatable bonds is 6. The smallest absolute Gasteiger partial charge is 0.261 e. The Kier molecular flexibility index (Phi) is 5.07. The van der Waals surface area contributed by atoms with Gasteiger partial charge in [0.15, 0.2) is 0 Å². The first-order valence-corrected chi connectivity index (χ1v) is 8.76. The van der Waals surface area contributed by atoms with E-state index in [1.807, 2.05) is 30.5 Å². The van der Waals surface area contributed by atoms with Gasteiger partial charge in [-0.2, -0.15) is 0 Å². The number of carbonyl (C=O) groups is 1. The Bertz CT molecular complexity index is 652. The van der Waals surface area contributed by atoms with Crippen molar-refractivity contribution in [2.75, 3.05) is 36.4 Å². The standard InChI is InChI=1S/C16H21N5OS/c1-12-19-14(11-15(20-12)21-8-2-3-9-21)17-6-7-18-16(22)13-5-4-10-23-13/h4-5,10-11H,2-3,6-9H2,1H3,(H,18,22)(H,17,19,20). The number of nitrogens with one attached hydrogen (secondary N) is 2. The Hall–Kier alpha value is -2.15. The average molecular weight is 331 g/mol. The third-order valence-electron chi connectivity index (χ3n) is 3.72. The van der Waals surface area contributed by atoms with Gasteiger partial charge in [-0.3, -0.25) is 4.79 Å². The number of aromatic nitrogens is 2. The molecular weight excluding hydrogens is 310 g/mol. The average Bonchev–Trinajstić information content (AvgIpc) is 3.23. The van der Waals surface area contributed by atoms with E-state index in [9.17, 15) is 4.79 Å². The highest BCUT2D eigenvalue weighted by Gasteiger charge is 2.15. The lowest BCUT2D eigenvalue weighted by molar-refractivity contribution is 0.0959. The van der Waals surface area contributed by atoms with E-state index >= 15 is 0 Å². The van der Waals surface area contributed by atoms with E-state index in [0.717, 1.165) is 35.4 Å². The highest BCUT2D eigenvalue weighted by Crippen LogP contribution is 2.20. The van der Waals surface area contributed by atoms with Gasteiger partial charge in [0.05, 0.1) is 4.88 Å². The van der Waals surface area contributed by atoms with Gasteiger partial charge >= 0.3 is 0 Å². The second-order valence-electron chi connectivity index (χ2n) is 5.51. The van der Waals surface area contributed by atoms with Gasteiger partial charge in [-0.1, -0.05) is 6.07 Å². The first kappa shape index (κ1) is 15.7. The monoisotopic (exact) mass is 331 g/mol. The zero-order chi connectivity index (χ0) is 16.1. The topological polar surface area (TPSA) is 70.2 Å². The fourth-order valence-corrected chi connectivity index (χ4v) is 3.25. The molecule has 0 atom stereocenters. The Balaban J connectivity index is 1.51. The van der Waals surface area contributed by atoms with Crippen molar-refractivity contribution in [2.24, 2.45) is 0 Å². The quantitative estimate of drug-likeness (QED) is 0.795. The van der Waals surface area contributed by atoms with Crippen molar-refractivity contribution < 1.29 is 4.79 Å². The maximum Gasteiger partial charge on any atom is 0.261 e. The van der Waals surface area contributed by atoms with E-state index in [1.54, 1.807) is 0 Å². The molecule has 0 bridgehead atoms. The molecular formula is C16H21N5OS. The summed E-state index contributed by atoms with van der Waals surface area (Å²) in [5.41, 5.74) is 0. The van der Waals surface area contributed by atoms with Crippen molar-refractivity contribution >= 4 is 28.9 Å². The Morgan fingerprint density at radius 2 is 2.13 bits per heavy atom. The maximum absolute atomic E-state index is 11.8. The Morgan fingerprint density at radius 1 is 1.30 bits per heavy atom. The molecule has 3 heterocycles. The van der Waals surface area contributed by atoms with E-state index in [2.05, 4.69) is 25.5 Å². The van der Waals surface area contributed by atoms with Crippen molar-refractivity contribution in [2.45, 2.75) is 19.8 Å². The molecule has 0 spiro atoms. The van der Waals surface area contributed by atoms with E-state index in [-0.39, 0.29) is 5.91 Å². The lowest BCUT2D eigenvalue weighted by atomic mass is 10.4. The van der Waals surface area contributed by atoms with Crippen LogP contribution in [0.15, 0.2) is 23.6 Å². The first-order valence-electron chi connectivity index (χ1n) is 7.88. The van der Waals surface area contributed by atoms with Crippen LogP contribution in [0.5, 0.6) is 0 Å². The fraction of sp³-hybridized carbons (Fsp3) is 0.438. The van der Waals surface area contributed by atoms with Gasteiger partial charge in [0.25, 0.3) is 5.91 Å². The number of anilines is 2. The molecule has 0 aromatic carbocycles. The van der Waals surface area contributed by atoms with Crippen molar-refractivity contribution in [1.82, 2.24) is 15.3 Å². The maximum atomic E-state index is 11.8.